The van der Waals surface area contributed by atoms with Crippen LogP contribution in [0, 0.1) is 0 Å². The van der Waals surface area contributed by atoms with Crippen molar-refractivity contribution in [3.63, 3.8) is 0 Å². The van der Waals surface area contributed by atoms with Gasteiger partial charge in [0.05, 0.1) is 0 Å². The van der Waals surface area contributed by atoms with Gasteiger partial charge in [0, 0.05) is 18.5 Å². The van der Waals surface area contributed by atoms with Gasteiger partial charge in [-0.15, -0.1) is 0 Å². The predicted octanol–water partition coefficient (Wildman–Crippen LogP) is 2.65. The predicted molar refractivity (Wildman–Crippen MR) is 60.6 cm³/mol. The molecule has 0 radical (unpaired) electrons. The molecule has 0 aliphatic heterocycles. The number of nitrogens with one attached hydrogen (secondary N) is 1. The molecule has 3 heteroatoms. The highest BCUT2D eigenvalue weighted by molar-refractivity contribution is 5.66. The van der Waals surface area contributed by atoms with E-state index in [2.05, 4.69) is 33.0 Å². The van der Waals surface area contributed by atoms with Gasteiger partial charge in [0.2, 0.25) is 0 Å². The first kappa shape index (κ1) is 15.9. The summed E-state index contributed by atoms with van der Waals surface area (Å²) in [6.45, 7) is 10.5. The van der Waals surface area contributed by atoms with E-state index in [4.69, 9.17) is 5.11 Å². The summed E-state index contributed by atoms with van der Waals surface area (Å²) in [7, 11) is 0. The van der Waals surface area contributed by atoms with E-state index >= 15 is 0 Å². The molecule has 0 amide bonds. The number of aliphatic carboxylic acids is 1. The third-order valence-corrected chi connectivity index (χ3v) is 2.10. The van der Waals surface area contributed by atoms with E-state index in [9.17, 15) is 4.79 Å². The van der Waals surface area contributed by atoms with Gasteiger partial charge in [-0.3, -0.25) is 4.79 Å². The third kappa shape index (κ3) is 14.0. The van der Waals surface area contributed by atoms with Gasteiger partial charge >= 0.3 is 5.97 Å². The average Bonchev–Trinajstić information content (AvgIpc) is 2.18. The molecule has 86 valence electrons. The Bertz CT molecular complexity index is 129. The summed E-state index contributed by atoms with van der Waals surface area (Å²) in [6, 6.07) is 1.36. The molecule has 0 fully saturated rings. The van der Waals surface area contributed by atoms with E-state index in [1.165, 1.54) is 12.8 Å². The minimum absolute atomic E-state index is 0.222. The molecule has 0 aromatic rings. The van der Waals surface area contributed by atoms with Crippen molar-refractivity contribution in [2.24, 2.45) is 0 Å². The molecule has 0 aromatic heterocycles. The van der Waals surface area contributed by atoms with Crippen LogP contribution in [0.15, 0.2) is 0 Å². The molecule has 0 aliphatic carbocycles. The fraction of sp³-hybridized carbons (Fsp3) is 0.909. The summed E-state index contributed by atoms with van der Waals surface area (Å²) in [5.41, 5.74) is 0. The maximum atomic E-state index is 9.37. The summed E-state index contributed by atoms with van der Waals surface area (Å²) in [6.07, 6.45) is 2.68. The molecule has 0 heterocycles. The van der Waals surface area contributed by atoms with E-state index < -0.39 is 5.97 Å². The molecule has 2 atom stereocenters. The Morgan fingerprint density at radius 3 is 1.57 bits per heavy atom. The van der Waals surface area contributed by atoms with Gasteiger partial charge in [0.15, 0.2) is 0 Å². The molecule has 2 unspecified atom stereocenters. The monoisotopic (exact) mass is 203 g/mol. The van der Waals surface area contributed by atoms with Gasteiger partial charge in [-0.25, -0.2) is 0 Å². The second-order valence-corrected chi connectivity index (χ2v) is 3.53. The molecule has 3 nitrogen and oxygen atoms in total. The molecule has 0 aliphatic rings. The van der Waals surface area contributed by atoms with Crippen molar-refractivity contribution in [2.75, 3.05) is 0 Å². The van der Waals surface area contributed by atoms with Crippen LogP contribution in [0.5, 0.6) is 0 Å². The molecular weight excluding hydrogens is 178 g/mol. The lowest BCUT2D eigenvalue weighted by atomic mass is 10.2. The molecule has 0 saturated carbocycles. The van der Waals surface area contributed by atoms with Gasteiger partial charge in [-0.1, -0.05) is 20.8 Å². The van der Waals surface area contributed by atoms with Gasteiger partial charge in [0.25, 0.3) is 0 Å². The van der Waals surface area contributed by atoms with E-state index in [0.717, 1.165) is 0 Å². The van der Waals surface area contributed by atoms with Crippen LogP contribution >= 0.6 is 0 Å². The summed E-state index contributed by atoms with van der Waals surface area (Å²) in [5, 5.41) is 11.2. The topological polar surface area (TPSA) is 49.3 Å². The van der Waals surface area contributed by atoms with Crippen LogP contribution in [0.1, 0.15) is 53.9 Å². The van der Waals surface area contributed by atoms with Crippen LogP contribution in [-0.2, 0) is 4.79 Å². The Kier molecular flexibility index (Phi) is 11.9. The minimum Gasteiger partial charge on any atom is -0.481 e. The standard InChI is InChI=1S/C8H19N.C3H6O2/c1-5-7(3)9-8(4)6-2;1-2-3(4)5/h7-9H,5-6H2,1-4H3;2H2,1H3,(H,4,5). The lowest BCUT2D eigenvalue weighted by molar-refractivity contribution is -0.136. The molecular formula is C11H25NO2. The Morgan fingerprint density at radius 2 is 1.43 bits per heavy atom. The number of carboxylic acids is 1. The van der Waals surface area contributed by atoms with Crippen molar-refractivity contribution in [3.05, 3.63) is 0 Å². The fourth-order valence-electron chi connectivity index (χ4n) is 0.721. The molecule has 0 spiro atoms. The smallest absolute Gasteiger partial charge is 0.303 e. The SMILES string of the molecule is CCC(=O)O.CCC(C)NC(C)CC. The van der Waals surface area contributed by atoms with Crippen molar-refractivity contribution in [2.45, 2.75) is 66.0 Å². The Labute approximate surface area is 87.9 Å². The second kappa shape index (κ2) is 10.5. The zero-order chi connectivity index (χ0) is 11.6. The average molecular weight is 203 g/mol. The van der Waals surface area contributed by atoms with Crippen LogP contribution in [0.2, 0.25) is 0 Å². The van der Waals surface area contributed by atoms with Crippen LogP contribution in [0.3, 0.4) is 0 Å². The number of carbonyl (C=O) groups is 1. The van der Waals surface area contributed by atoms with Crippen LogP contribution in [-0.4, -0.2) is 23.2 Å². The first-order chi connectivity index (χ1) is 6.47. The molecule has 0 bridgehead atoms. The van der Waals surface area contributed by atoms with Crippen LogP contribution < -0.4 is 5.32 Å². The van der Waals surface area contributed by atoms with Crippen molar-refractivity contribution in [1.82, 2.24) is 5.32 Å². The highest BCUT2D eigenvalue weighted by Crippen LogP contribution is 1.93. The minimum atomic E-state index is -0.745. The van der Waals surface area contributed by atoms with E-state index in [1.807, 2.05) is 0 Å². The van der Waals surface area contributed by atoms with Crippen LogP contribution in [0.25, 0.3) is 0 Å². The first-order valence-electron chi connectivity index (χ1n) is 5.45. The lowest BCUT2D eigenvalue weighted by Gasteiger charge is -2.16. The maximum absolute atomic E-state index is 9.37. The number of hydrogen-bond acceptors (Lipinski definition) is 2. The summed E-state index contributed by atoms with van der Waals surface area (Å²) in [4.78, 5) is 9.37. The van der Waals surface area contributed by atoms with Gasteiger partial charge < -0.3 is 10.4 Å². The first-order valence-corrected chi connectivity index (χ1v) is 5.45. The fourth-order valence-corrected chi connectivity index (χ4v) is 0.721. The van der Waals surface area contributed by atoms with Crippen molar-refractivity contribution in [1.29, 1.82) is 0 Å². The quantitative estimate of drug-likeness (QED) is 0.722. The van der Waals surface area contributed by atoms with Gasteiger partial charge in [-0.05, 0) is 26.7 Å². The normalized spacial score (nSPS) is 13.8. The van der Waals surface area contributed by atoms with Gasteiger partial charge in [-0.2, -0.15) is 0 Å². The van der Waals surface area contributed by atoms with Crippen molar-refractivity contribution >= 4 is 5.97 Å². The van der Waals surface area contributed by atoms with E-state index in [-0.39, 0.29) is 6.42 Å². The second-order valence-electron chi connectivity index (χ2n) is 3.53. The van der Waals surface area contributed by atoms with Crippen LogP contribution in [0.4, 0.5) is 0 Å². The number of carboxylic acid groups (broad SMARTS) is 1. The van der Waals surface area contributed by atoms with E-state index in [1.54, 1.807) is 6.92 Å². The highest BCUT2D eigenvalue weighted by atomic mass is 16.4. The third-order valence-electron chi connectivity index (χ3n) is 2.10. The number of rotatable bonds is 5. The Hall–Kier alpha value is -0.570. The maximum Gasteiger partial charge on any atom is 0.303 e. The Balaban J connectivity index is 0. The zero-order valence-electron chi connectivity index (χ0n) is 10.1. The van der Waals surface area contributed by atoms with Gasteiger partial charge in [0.1, 0.15) is 0 Å². The molecule has 14 heavy (non-hydrogen) atoms. The molecule has 0 saturated heterocycles. The molecule has 2 N–H and O–H groups in total. The van der Waals surface area contributed by atoms with Crippen molar-refractivity contribution in [3.8, 4) is 0 Å². The summed E-state index contributed by atoms with van der Waals surface area (Å²) >= 11 is 0. The zero-order valence-corrected chi connectivity index (χ0v) is 10.1. The lowest BCUT2D eigenvalue weighted by Crippen LogP contribution is -2.33. The summed E-state index contributed by atoms with van der Waals surface area (Å²) < 4.78 is 0. The highest BCUT2D eigenvalue weighted by Gasteiger charge is 2.00. The largest absolute Gasteiger partial charge is 0.481 e. The molecule has 0 aromatic carbocycles. The molecule has 0 rings (SSSR count). The number of hydrogen-bond donors (Lipinski definition) is 2. The Morgan fingerprint density at radius 1 is 1.14 bits per heavy atom. The van der Waals surface area contributed by atoms with Crippen molar-refractivity contribution < 1.29 is 9.90 Å². The van der Waals surface area contributed by atoms with E-state index in [0.29, 0.717) is 12.1 Å². The summed E-state index contributed by atoms with van der Waals surface area (Å²) in [5.74, 6) is -0.745.